The Morgan fingerprint density at radius 2 is 2.14 bits per heavy atom. The third-order valence-corrected chi connectivity index (χ3v) is 3.94. The SMILES string of the molecule is Cc1ccc2[nH]cc(CCC(=O)NCC(C)CC(C)O)c2c1. The monoisotopic (exact) mass is 302 g/mol. The molecule has 4 nitrogen and oxygen atoms in total. The molecule has 0 aliphatic heterocycles. The van der Waals surface area contributed by atoms with Crippen LogP contribution in [-0.2, 0) is 11.2 Å². The highest BCUT2D eigenvalue weighted by Gasteiger charge is 2.10. The molecular formula is C18H26N2O2. The number of nitrogens with one attached hydrogen (secondary N) is 2. The predicted molar refractivity (Wildman–Crippen MR) is 89.8 cm³/mol. The van der Waals surface area contributed by atoms with Gasteiger partial charge in [-0.2, -0.15) is 0 Å². The zero-order valence-electron chi connectivity index (χ0n) is 13.6. The number of aliphatic hydroxyl groups is 1. The normalized spacial score (nSPS) is 14.0. The lowest BCUT2D eigenvalue weighted by molar-refractivity contribution is -0.121. The molecule has 2 unspecified atom stereocenters. The zero-order chi connectivity index (χ0) is 16.1. The first-order valence-corrected chi connectivity index (χ1v) is 7.97. The topological polar surface area (TPSA) is 65.1 Å². The van der Waals surface area contributed by atoms with E-state index in [0.29, 0.717) is 25.3 Å². The molecule has 1 amide bonds. The third kappa shape index (κ3) is 4.60. The maximum atomic E-state index is 11.9. The quantitative estimate of drug-likeness (QED) is 0.736. The Bertz CT molecular complexity index is 631. The summed E-state index contributed by atoms with van der Waals surface area (Å²) in [7, 11) is 0. The van der Waals surface area contributed by atoms with E-state index in [1.807, 2.05) is 13.1 Å². The van der Waals surface area contributed by atoms with Crippen molar-refractivity contribution in [3.8, 4) is 0 Å². The molecule has 22 heavy (non-hydrogen) atoms. The number of rotatable bonds is 7. The van der Waals surface area contributed by atoms with Gasteiger partial charge < -0.3 is 15.4 Å². The minimum absolute atomic E-state index is 0.0689. The van der Waals surface area contributed by atoms with Crippen LogP contribution in [0.1, 0.15) is 37.8 Å². The van der Waals surface area contributed by atoms with Crippen LogP contribution in [0.2, 0.25) is 0 Å². The Hall–Kier alpha value is -1.81. The number of aromatic nitrogens is 1. The largest absolute Gasteiger partial charge is 0.393 e. The van der Waals surface area contributed by atoms with E-state index in [1.54, 1.807) is 6.92 Å². The lowest BCUT2D eigenvalue weighted by Crippen LogP contribution is -2.29. The molecule has 0 fully saturated rings. The van der Waals surface area contributed by atoms with Gasteiger partial charge in [-0.05, 0) is 50.3 Å². The van der Waals surface area contributed by atoms with Crippen molar-refractivity contribution < 1.29 is 9.90 Å². The second-order valence-corrected chi connectivity index (χ2v) is 6.36. The summed E-state index contributed by atoms with van der Waals surface area (Å²) >= 11 is 0. The summed E-state index contributed by atoms with van der Waals surface area (Å²) in [5.41, 5.74) is 3.53. The van der Waals surface area contributed by atoms with Crippen molar-refractivity contribution in [1.82, 2.24) is 10.3 Å². The van der Waals surface area contributed by atoms with E-state index < -0.39 is 0 Å². The molecule has 2 atom stereocenters. The highest BCUT2D eigenvalue weighted by atomic mass is 16.3. The average molecular weight is 302 g/mol. The molecule has 0 aliphatic carbocycles. The maximum Gasteiger partial charge on any atom is 0.220 e. The van der Waals surface area contributed by atoms with Gasteiger partial charge in [0.05, 0.1) is 6.10 Å². The van der Waals surface area contributed by atoms with Gasteiger partial charge in [0.2, 0.25) is 5.91 Å². The van der Waals surface area contributed by atoms with E-state index in [0.717, 1.165) is 11.9 Å². The summed E-state index contributed by atoms with van der Waals surface area (Å²) in [6.45, 7) is 6.51. The number of amides is 1. The van der Waals surface area contributed by atoms with Gasteiger partial charge in [0.25, 0.3) is 0 Å². The summed E-state index contributed by atoms with van der Waals surface area (Å²) in [5.74, 6) is 0.360. The lowest BCUT2D eigenvalue weighted by atomic mass is 10.0. The molecule has 0 saturated heterocycles. The van der Waals surface area contributed by atoms with E-state index in [-0.39, 0.29) is 12.0 Å². The average Bonchev–Trinajstić information content (AvgIpc) is 2.84. The van der Waals surface area contributed by atoms with Crippen molar-refractivity contribution in [3.05, 3.63) is 35.5 Å². The van der Waals surface area contributed by atoms with Crippen LogP contribution >= 0.6 is 0 Å². The van der Waals surface area contributed by atoms with Crippen LogP contribution in [0.4, 0.5) is 0 Å². The zero-order valence-corrected chi connectivity index (χ0v) is 13.6. The molecule has 0 spiro atoms. The van der Waals surface area contributed by atoms with Gasteiger partial charge in [0, 0.05) is 30.1 Å². The first-order valence-electron chi connectivity index (χ1n) is 7.97. The molecule has 0 saturated carbocycles. The van der Waals surface area contributed by atoms with E-state index in [2.05, 4.69) is 35.4 Å². The van der Waals surface area contributed by atoms with Crippen molar-refractivity contribution in [1.29, 1.82) is 0 Å². The summed E-state index contributed by atoms with van der Waals surface area (Å²) in [4.78, 5) is 15.2. The maximum absolute atomic E-state index is 11.9. The van der Waals surface area contributed by atoms with Crippen LogP contribution in [0, 0.1) is 12.8 Å². The third-order valence-electron chi connectivity index (χ3n) is 3.94. The van der Waals surface area contributed by atoms with Crippen LogP contribution < -0.4 is 5.32 Å². The summed E-state index contributed by atoms with van der Waals surface area (Å²) < 4.78 is 0. The van der Waals surface area contributed by atoms with Gasteiger partial charge in [0.1, 0.15) is 0 Å². The summed E-state index contributed by atoms with van der Waals surface area (Å²) in [5, 5.41) is 13.5. The lowest BCUT2D eigenvalue weighted by Gasteiger charge is -2.14. The number of H-pyrrole nitrogens is 1. The molecular weight excluding hydrogens is 276 g/mol. The highest BCUT2D eigenvalue weighted by molar-refractivity contribution is 5.84. The molecule has 0 radical (unpaired) electrons. The number of aromatic amines is 1. The van der Waals surface area contributed by atoms with Gasteiger partial charge in [-0.1, -0.05) is 18.6 Å². The smallest absolute Gasteiger partial charge is 0.220 e. The van der Waals surface area contributed by atoms with Crippen LogP contribution in [0.25, 0.3) is 10.9 Å². The number of hydrogen-bond donors (Lipinski definition) is 3. The van der Waals surface area contributed by atoms with Crippen LogP contribution in [0.3, 0.4) is 0 Å². The van der Waals surface area contributed by atoms with Crippen molar-refractivity contribution in [3.63, 3.8) is 0 Å². The van der Waals surface area contributed by atoms with Gasteiger partial charge in [-0.25, -0.2) is 0 Å². The Kier molecular flexibility index (Phi) is 5.61. The number of carbonyl (C=O) groups is 1. The molecule has 0 bridgehead atoms. The molecule has 2 rings (SSSR count). The number of fused-ring (bicyclic) bond motifs is 1. The molecule has 1 aromatic carbocycles. The second-order valence-electron chi connectivity index (χ2n) is 6.36. The van der Waals surface area contributed by atoms with Gasteiger partial charge >= 0.3 is 0 Å². The highest BCUT2D eigenvalue weighted by Crippen LogP contribution is 2.20. The fourth-order valence-corrected chi connectivity index (χ4v) is 2.79. The number of hydrogen-bond acceptors (Lipinski definition) is 2. The van der Waals surface area contributed by atoms with Crippen molar-refractivity contribution >= 4 is 16.8 Å². The van der Waals surface area contributed by atoms with Crippen molar-refractivity contribution in [2.75, 3.05) is 6.54 Å². The number of carbonyl (C=O) groups excluding carboxylic acids is 1. The molecule has 0 aliphatic rings. The molecule has 2 aromatic rings. The van der Waals surface area contributed by atoms with Crippen LogP contribution in [-0.4, -0.2) is 28.6 Å². The van der Waals surface area contributed by atoms with E-state index in [9.17, 15) is 9.90 Å². The number of aryl methyl sites for hydroxylation is 2. The Morgan fingerprint density at radius 1 is 1.36 bits per heavy atom. The minimum Gasteiger partial charge on any atom is -0.393 e. The number of aliphatic hydroxyl groups excluding tert-OH is 1. The fraction of sp³-hybridized carbons (Fsp3) is 0.500. The first-order chi connectivity index (χ1) is 10.5. The van der Waals surface area contributed by atoms with Gasteiger partial charge in [-0.3, -0.25) is 4.79 Å². The van der Waals surface area contributed by atoms with E-state index in [1.165, 1.54) is 16.5 Å². The fourth-order valence-electron chi connectivity index (χ4n) is 2.79. The van der Waals surface area contributed by atoms with Crippen molar-refractivity contribution in [2.24, 2.45) is 5.92 Å². The summed E-state index contributed by atoms with van der Waals surface area (Å²) in [6.07, 6.45) is 3.61. The minimum atomic E-state index is -0.318. The Morgan fingerprint density at radius 3 is 2.86 bits per heavy atom. The first kappa shape index (κ1) is 16.6. The van der Waals surface area contributed by atoms with Crippen LogP contribution in [0.15, 0.2) is 24.4 Å². The molecule has 1 heterocycles. The Balaban J connectivity index is 1.84. The second kappa shape index (κ2) is 7.45. The summed E-state index contributed by atoms with van der Waals surface area (Å²) in [6, 6.07) is 6.31. The Labute approximate surface area is 131 Å². The van der Waals surface area contributed by atoms with Crippen LogP contribution in [0.5, 0.6) is 0 Å². The van der Waals surface area contributed by atoms with E-state index >= 15 is 0 Å². The predicted octanol–water partition coefficient (Wildman–Crippen LogP) is 2.93. The molecule has 1 aromatic heterocycles. The number of benzene rings is 1. The van der Waals surface area contributed by atoms with E-state index in [4.69, 9.17) is 0 Å². The van der Waals surface area contributed by atoms with Crippen molar-refractivity contribution in [2.45, 2.75) is 46.1 Å². The molecule has 3 N–H and O–H groups in total. The standard InChI is InChI=1S/C18H26N2O2/c1-12-4-6-17-16(9-12)15(11-19-17)5-7-18(22)20-10-13(2)8-14(3)21/h4,6,9,11,13-14,19,21H,5,7-8,10H2,1-3H3,(H,20,22). The molecule has 120 valence electrons. The van der Waals surface area contributed by atoms with Gasteiger partial charge in [0.15, 0.2) is 0 Å². The van der Waals surface area contributed by atoms with Gasteiger partial charge in [-0.15, -0.1) is 0 Å². The molecule has 4 heteroatoms.